The van der Waals surface area contributed by atoms with Crippen LogP contribution in [-0.4, -0.2) is 38.4 Å². The molecular weight excluding hydrogens is 746 g/mol. The molecule has 0 spiro atoms. The summed E-state index contributed by atoms with van der Waals surface area (Å²) in [4.78, 5) is 23.8. The Morgan fingerprint density at radius 3 is 1.17 bits per heavy atom. The summed E-state index contributed by atoms with van der Waals surface area (Å²) < 4.78 is 24.4. The zero-order valence-electron chi connectivity index (χ0n) is 24.3. The number of rotatable bonds is 24. The molecule has 2 aromatic rings. The van der Waals surface area contributed by atoms with Gasteiger partial charge in [-0.25, -0.2) is 0 Å². The molecule has 0 amide bonds. The second-order valence-electron chi connectivity index (χ2n) is 10.1. The molecule has 0 heterocycles. The van der Waals surface area contributed by atoms with E-state index in [9.17, 15) is 9.59 Å². The van der Waals surface area contributed by atoms with Crippen LogP contribution in [0, 0.1) is 7.14 Å². The quantitative estimate of drug-likeness (QED) is 0.0600. The highest BCUT2D eigenvalue weighted by Crippen LogP contribution is 2.16. The Kier molecular flexibility index (Phi) is 20.8. The van der Waals surface area contributed by atoms with Gasteiger partial charge in [0.2, 0.25) is 0 Å². The zero-order valence-corrected chi connectivity index (χ0v) is 28.6. The standard InChI is InChI=1S/C33H46I2O6/c34-28-16-20-30(21-17-28)38-24-11-7-3-1-5-9-14-32(36)40-26-13-27-41-33(37)15-10-6-2-4-8-12-25-39-31-22-18-29(35)19-23-31/h16-23H,1-15,24-27H2. The average Bonchev–Trinajstić information content (AvgIpc) is 2.97. The van der Waals surface area contributed by atoms with Crippen LogP contribution in [0.15, 0.2) is 48.5 Å². The first kappa shape index (κ1) is 35.6. The summed E-state index contributed by atoms with van der Waals surface area (Å²) >= 11 is 4.57. The number of ether oxygens (including phenoxy) is 4. The van der Waals surface area contributed by atoms with Crippen molar-refractivity contribution in [1.29, 1.82) is 0 Å². The molecule has 0 aliphatic heterocycles. The van der Waals surface area contributed by atoms with Crippen LogP contribution in [0.3, 0.4) is 0 Å². The monoisotopic (exact) mass is 792 g/mol. The molecule has 8 heteroatoms. The summed E-state index contributed by atoms with van der Waals surface area (Å²) in [7, 11) is 0. The van der Waals surface area contributed by atoms with Crippen LogP contribution in [-0.2, 0) is 19.1 Å². The molecule has 0 aliphatic carbocycles. The van der Waals surface area contributed by atoms with Crippen LogP contribution in [0.5, 0.6) is 11.5 Å². The van der Waals surface area contributed by atoms with Gasteiger partial charge >= 0.3 is 11.9 Å². The molecule has 2 rings (SSSR count). The van der Waals surface area contributed by atoms with Crippen LogP contribution >= 0.6 is 45.2 Å². The van der Waals surface area contributed by atoms with Crippen molar-refractivity contribution >= 4 is 57.1 Å². The van der Waals surface area contributed by atoms with Crippen molar-refractivity contribution in [3.63, 3.8) is 0 Å². The molecule has 0 atom stereocenters. The van der Waals surface area contributed by atoms with E-state index in [2.05, 4.69) is 45.2 Å². The van der Waals surface area contributed by atoms with Gasteiger partial charge in [0.15, 0.2) is 0 Å². The predicted octanol–water partition coefficient (Wildman–Crippen LogP) is 9.29. The topological polar surface area (TPSA) is 71.1 Å². The summed E-state index contributed by atoms with van der Waals surface area (Å²) in [5.41, 5.74) is 0. The van der Waals surface area contributed by atoms with Crippen molar-refractivity contribution in [2.75, 3.05) is 26.4 Å². The first-order valence-corrected chi connectivity index (χ1v) is 17.3. The lowest BCUT2D eigenvalue weighted by molar-refractivity contribution is -0.146. The highest BCUT2D eigenvalue weighted by Gasteiger charge is 2.05. The van der Waals surface area contributed by atoms with Crippen LogP contribution in [0.25, 0.3) is 0 Å². The lowest BCUT2D eigenvalue weighted by atomic mass is 10.1. The van der Waals surface area contributed by atoms with E-state index in [0.29, 0.717) is 32.5 Å². The second kappa shape index (κ2) is 23.9. The van der Waals surface area contributed by atoms with Crippen LogP contribution in [0.2, 0.25) is 0 Å². The molecule has 0 radical (unpaired) electrons. The zero-order chi connectivity index (χ0) is 29.4. The fourth-order valence-corrected chi connectivity index (χ4v) is 4.89. The number of halogens is 2. The van der Waals surface area contributed by atoms with Gasteiger partial charge in [0, 0.05) is 26.4 Å². The Morgan fingerprint density at radius 2 is 0.780 bits per heavy atom. The van der Waals surface area contributed by atoms with Crippen LogP contribution in [0.1, 0.15) is 96.3 Å². The molecule has 0 unspecified atom stereocenters. The number of benzene rings is 2. The normalized spacial score (nSPS) is 10.8. The summed E-state index contributed by atoms with van der Waals surface area (Å²) in [5, 5.41) is 0. The van der Waals surface area contributed by atoms with E-state index in [0.717, 1.165) is 102 Å². The van der Waals surface area contributed by atoms with Gasteiger partial charge in [-0.3, -0.25) is 9.59 Å². The van der Waals surface area contributed by atoms with Gasteiger partial charge < -0.3 is 18.9 Å². The molecular formula is C33H46I2O6. The van der Waals surface area contributed by atoms with Gasteiger partial charge in [-0.1, -0.05) is 51.4 Å². The molecule has 6 nitrogen and oxygen atoms in total. The van der Waals surface area contributed by atoms with Crippen molar-refractivity contribution < 1.29 is 28.5 Å². The van der Waals surface area contributed by atoms with Crippen molar-refractivity contribution in [2.24, 2.45) is 0 Å². The van der Waals surface area contributed by atoms with E-state index < -0.39 is 0 Å². The number of carbonyl (C=O) groups excluding carboxylic acids is 2. The first-order valence-electron chi connectivity index (χ1n) is 15.1. The molecule has 0 fully saturated rings. The average molecular weight is 793 g/mol. The molecule has 0 N–H and O–H groups in total. The fourth-order valence-electron chi connectivity index (χ4n) is 4.17. The highest BCUT2D eigenvalue weighted by molar-refractivity contribution is 14.1. The number of hydrogen-bond donors (Lipinski definition) is 0. The highest BCUT2D eigenvalue weighted by atomic mass is 127. The number of carbonyl (C=O) groups is 2. The Balaban J connectivity index is 1.27. The van der Waals surface area contributed by atoms with Crippen molar-refractivity contribution in [1.82, 2.24) is 0 Å². The Morgan fingerprint density at radius 1 is 0.439 bits per heavy atom. The van der Waals surface area contributed by atoms with E-state index in [-0.39, 0.29) is 11.9 Å². The molecule has 0 aromatic heterocycles. The predicted molar refractivity (Wildman–Crippen MR) is 180 cm³/mol. The second-order valence-corrected chi connectivity index (χ2v) is 12.6. The Labute approximate surface area is 273 Å². The summed E-state index contributed by atoms with van der Waals surface area (Å²) in [5.74, 6) is 1.53. The summed E-state index contributed by atoms with van der Waals surface area (Å²) in [6.45, 7) is 2.10. The largest absolute Gasteiger partial charge is 0.494 e. The van der Waals surface area contributed by atoms with Gasteiger partial charge in [0.05, 0.1) is 26.4 Å². The third-order valence-corrected chi connectivity index (χ3v) is 7.97. The minimum Gasteiger partial charge on any atom is -0.494 e. The smallest absolute Gasteiger partial charge is 0.305 e. The summed E-state index contributed by atoms with van der Waals surface area (Å²) in [6.07, 6.45) is 14.2. The molecule has 228 valence electrons. The van der Waals surface area contributed by atoms with E-state index >= 15 is 0 Å². The van der Waals surface area contributed by atoms with Gasteiger partial charge in [0.1, 0.15) is 11.5 Å². The van der Waals surface area contributed by atoms with E-state index in [4.69, 9.17) is 18.9 Å². The molecule has 0 bridgehead atoms. The molecule has 0 saturated carbocycles. The van der Waals surface area contributed by atoms with Gasteiger partial charge in [-0.15, -0.1) is 0 Å². The molecule has 41 heavy (non-hydrogen) atoms. The maximum Gasteiger partial charge on any atom is 0.305 e. The Bertz CT molecular complexity index is 872. The van der Waals surface area contributed by atoms with E-state index in [1.165, 1.54) is 7.14 Å². The maximum atomic E-state index is 11.9. The van der Waals surface area contributed by atoms with Crippen LogP contribution in [0.4, 0.5) is 0 Å². The van der Waals surface area contributed by atoms with Crippen molar-refractivity contribution in [2.45, 2.75) is 96.3 Å². The third kappa shape index (κ3) is 20.1. The lowest BCUT2D eigenvalue weighted by Crippen LogP contribution is -2.10. The van der Waals surface area contributed by atoms with Crippen LogP contribution < -0.4 is 9.47 Å². The fraction of sp³-hybridized carbons (Fsp3) is 0.576. The first-order chi connectivity index (χ1) is 20.0. The number of esters is 2. The van der Waals surface area contributed by atoms with Crippen molar-refractivity contribution in [3.8, 4) is 11.5 Å². The van der Waals surface area contributed by atoms with Crippen molar-refractivity contribution in [3.05, 3.63) is 55.7 Å². The minimum atomic E-state index is -0.163. The lowest BCUT2D eigenvalue weighted by Gasteiger charge is -2.07. The van der Waals surface area contributed by atoms with Gasteiger partial charge in [-0.05, 0) is 119 Å². The van der Waals surface area contributed by atoms with Gasteiger partial charge in [-0.2, -0.15) is 0 Å². The summed E-state index contributed by atoms with van der Waals surface area (Å²) in [6, 6.07) is 16.2. The minimum absolute atomic E-state index is 0.163. The van der Waals surface area contributed by atoms with Gasteiger partial charge in [0.25, 0.3) is 0 Å². The maximum absolute atomic E-state index is 11.9. The number of hydrogen-bond acceptors (Lipinski definition) is 6. The molecule has 2 aromatic carbocycles. The van der Waals surface area contributed by atoms with E-state index in [1.807, 2.05) is 48.5 Å². The molecule has 0 saturated heterocycles. The number of unbranched alkanes of at least 4 members (excludes halogenated alkanes) is 10. The van der Waals surface area contributed by atoms with E-state index in [1.54, 1.807) is 0 Å². The Hall–Kier alpha value is -1.56. The molecule has 0 aliphatic rings. The third-order valence-electron chi connectivity index (χ3n) is 6.53. The SMILES string of the molecule is O=C(CCCCCCCCOc1ccc(I)cc1)OCCCOC(=O)CCCCCCCCOc1ccc(I)cc1.